The fourth-order valence-electron chi connectivity index (χ4n) is 2.40. The number of pyridine rings is 1. The molecule has 2 rings (SSSR count). The number of nitrogens with zero attached hydrogens (tertiary/aromatic N) is 2. The van der Waals surface area contributed by atoms with Crippen LogP contribution in [-0.2, 0) is 0 Å². The first kappa shape index (κ1) is 12.8. The van der Waals surface area contributed by atoms with Crippen molar-refractivity contribution in [2.45, 2.75) is 31.7 Å². The highest BCUT2D eigenvalue weighted by Gasteiger charge is 2.25. The van der Waals surface area contributed by atoms with E-state index in [4.69, 9.17) is 5.11 Å². The zero-order valence-corrected chi connectivity index (χ0v) is 11.2. The van der Waals surface area contributed by atoms with Crippen molar-refractivity contribution < 1.29 is 9.50 Å². The molecule has 1 N–H and O–H groups in total. The van der Waals surface area contributed by atoms with E-state index < -0.39 is 0 Å². The van der Waals surface area contributed by atoms with Crippen molar-refractivity contribution in [1.82, 2.24) is 4.98 Å². The maximum Gasteiger partial charge on any atom is 0.166 e. The Labute approximate surface area is 109 Å². The van der Waals surface area contributed by atoms with Gasteiger partial charge < -0.3 is 10.0 Å². The zero-order chi connectivity index (χ0) is 12.3. The van der Waals surface area contributed by atoms with Crippen LogP contribution in [0.25, 0.3) is 0 Å². The average Bonchev–Trinajstić information content (AvgIpc) is 2.80. The number of aliphatic hydroxyl groups is 1. The second kappa shape index (κ2) is 5.78. The molecule has 0 radical (unpaired) electrons. The predicted molar refractivity (Wildman–Crippen MR) is 68.6 cm³/mol. The van der Waals surface area contributed by atoms with Gasteiger partial charge >= 0.3 is 0 Å². The van der Waals surface area contributed by atoms with Crippen LogP contribution in [0.15, 0.2) is 16.7 Å². The fourth-order valence-corrected chi connectivity index (χ4v) is 2.71. The van der Waals surface area contributed by atoms with E-state index >= 15 is 0 Å². The number of hydrogen-bond donors (Lipinski definition) is 1. The Morgan fingerprint density at radius 3 is 2.76 bits per heavy atom. The molecule has 0 atom stereocenters. The molecule has 1 heterocycles. The van der Waals surface area contributed by atoms with Gasteiger partial charge in [0.1, 0.15) is 0 Å². The third-order valence-electron chi connectivity index (χ3n) is 3.17. The SMILES string of the molecule is OCCN(c1ncc(Br)cc1F)C1CCCC1. The van der Waals surface area contributed by atoms with E-state index in [-0.39, 0.29) is 12.4 Å². The van der Waals surface area contributed by atoms with Crippen LogP contribution in [0.4, 0.5) is 10.2 Å². The quantitative estimate of drug-likeness (QED) is 0.929. The van der Waals surface area contributed by atoms with Crippen molar-refractivity contribution in [2.75, 3.05) is 18.1 Å². The van der Waals surface area contributed by atoms with E-state index in [2.05, 4.69) is 20.9 Å². The summed E-state index contributed by atoms with van der Waals surface area (Å²) in [6, 6.07) is 1.73. The highest BCUT2D eigenvalue weighted by atomic mass is 79.9. The largest absolute Gasteiger partial charge is 0.395 e. The molecule has 0 unspecified atom stereocenters. The summed E-state index contributed by atoms with van der Waals surface area (Å²) in [5.74, 6) is 0.0221. The van der Waals surface area contributed by atoms with Crippen LogP contribution in [0.5, 0.6) is 0 Å². The Balaban J connectivity index is 2.24. The number of anilines is 1. The van der Waals surface area contributed by atoms with Crippen LogP contribution in [0.3, 0.4) is 0 Å². The van der Waals surface area contributed by atoms with Crippen molar-refractivity contribution in [3.05, 3.63) is 22.6 Å². The second-order valence-corrected chi connectivity index (χ2v) is 5.23. The van der Waals surface area contributed by atoms with Crippen LogP contribution < -0.4 is 4.90 Å². The van der Waals surface area contributed by atoms with Crippen LogP contribution in [0.2, 0.25) is 0 Å². The standard InChI is InChI=1S/C12H16BrFN2O/c13-9-7-11(14)12(15-8-9)16(5-6-17)10-3-1-2-4-10/h7-8,10,17H,1-6H2. The molecular weight excluding hydrogens is 287 g/mol. The molecule has 0 aromatic carbocycles. The highest BCUT2D eigenvalue weighted by Crippen LogP contribution is 2.29. The van der Waals surface area contributed by atoms with Gasteiger partial charge in [-0.2, -0.15) is 0 Å². The Morgan fingerprint density at radius 1 is 1.47 bits per heavy atom. The van der Waals surface area contributed by atoms with Gasteiger partial charge in [-0.15, -0.1) is 0 Å². The summed E-state index contributed by atoms with van der Waals surface area (Å²) in [4.78, 5) is 6.03. The first-order valence-corrected chi connectivity index (χ1v) is 6.70. The maximum atomic E-state index is 13.9. The first-order valence-electron chi connectivity index (χ1n) is 5.91. The monoisotopic (exact) mass is 302 g/mol. The van der Waals surface area contributed by atoms with Gasteiger partial charge in [0, 0.05) is 23.3 Å². The molecule has 0 aliphatic heterocycles. The van der Waals surface area contributed by atoms with Crippen molar-refractivity contribution in [3.63, 3.8) is 0 Å². The molecule has 1 saturated carbocycles. The molecule has 0 bridgehead atoms. The lowest BCUT2D eigenvalue weighted by atomic mass is 10.2. The summed E-state index contributed by atoms with van der Waals surface area (Å²) in [5, 5.41) is 9.10. The summed E-state index contributed by atoms with van der Waals surface area (Å²) in [7, 11) is 0. The highest BCUT2D eigenvalue weighted by molar-refractivity contribution is 9.10. The fraction of sp³-hybridized carbons (Fsp3) is 0.583. The Morgan fingerprint density at radius 2 is 2.18 bits per heavy atom. The minimum atomic E-state index is -0.334. The minimum absolute atomic E-state index is 0.0215. The Bertz CT molecular complexity index is 383. The summed E-state index contributed by atoms with van der Waals surface area (Å²) in [6.07, 6.45) is 6.04. The van der Waals surface area contributed by atoms with Crippen LogP contribution in [0.1, 0.15) is 25.7 Å². The average molecular weight is 303 g/mol. The van der Waals surface area contributed by atoms with Gasteiger partial charge in [-0.05, 0) is 34.8 Å². The molecular formula is C12H16BrFN2O. The lowest BCUT2D eigenvalue weighted by Crippen LogP contribution is -2.37. The van der Waals surface area contributed by atoms with E-state index in [1.54, 1.807) is 6.20 Å². The van der Waals surface area contributed by atoms with Crippen LogP contribution >= 0.6 is 15.9 Å². The zero-order valence-electron chi connectivity index (χ0n) is 9.57. The lowest BCUT2D eigenvalue weighted by Gasteiger charge is -2.29. The first-order chi connectivity index (χ1) is 8.22. The van der Waals surface area contributed by atoms with E-state index in [0.717, 1.165) is 12.8 Å². The molecule has 5 heteroatoms. The number of halogens is 2. The Hall–Kier alpha value is -0.680. The molecule has 1 aliphatic rings. The van der Waals surface area contributed by atoms with Gasteiger partial charge in [0.05, 0.1) is 6.61 Å². The molecule has 1 aliphatic carbocycles. The van der Waals surface area contributed by atoms with Crippen molar-refractivity contribution in [3.8, 4) is 0 Å². The van der Waals surface area contributed by atoms with Gasteiger partial charge in [-0.3, -0.25) is 0 Å². The van der Waals surface area contributed by atoms with Gasteiger partial charge in [0.25, 0.3) is 0 Å². The second-order valence-electron chi connectivity index (χ2n) is 4.31. The van der Waals surface area contributed by atoms with Crippen LogP contribution in [-0.4, -0.2) is 29.3 Å². The summed E-state index contributed by atoms with van der Waals surface area (Å²) in [5.41, 5.74) is 0. The molecule has 0 saturated heterocycles. The molecule has 0 amide bonds. The van der Waals surface area contributed by atoms with E-state index in [1.807, 2.05) is 4.90 Å². The van der Waals surface area contributed by atoms with E-state index in [0.29, 0.717) is 22.9 Å². The lowest BCUT2D eigenvalue weighted by molar-refractivity contribution is 0.296. The van der Waals surface area contributed by atoms with Gasteiger partial charge in [0.2, 0.25) is 0 Å². The number of hydrogen-bond acceptors (Lipinski definition) is 3. The molecule has 17 heavy (non-hydrogen) atoms. The third kappa shape index (κ3) is 2.96. The van der Waals surface area contributed by atoms with E-state index in [9.17, 15) is 4.39 Å². The Kier molecular flexibility index (Phi) is 4.34. The molecule has 3 nitrogen and oxygen atoms in total. The number of rotatable bonds is 4. The summed E-state index contributed by atoms with van der Waals surface area (Å²) in [6.45, 7) is 0.462. The smallest absolute Gasteiger partial charge is 0.166 e. The van der Waals surface area contributed by atoms with Gasteiger partial charge in [-0.1, -0.05) is 12.8 Å². The molecule has 1 fully saturated rings. The van der Waals surface area contributed by atoms with Gasteiger partial charge in [0.15, 0.2) is 11.6 Å². The van der Waals surface area contributed by atoms with Gasteiger partial charge in [-0.25, -0.2) is 9.37 Å². The topological polar surface area (TPSA) is 36.4 Å². The molecule has 1 aromatic heterocycles. The minimum Gasteiger partial charge on any atom is -0.395 e. The molecule has 1 aromatic rings. The predicted octanol–water partition coefficient (Wildman–Crippen LogP) is 2.72. The van der Waals surface area contributed by atoms with Crippen molar-refractivity contribution >= 4 is 21.7 Å². The number of aromatic nitrogens is 1. The third-order valence-corrected chi connectivity index (χ3v) is 3.60. The van der Waals surface area contributed by atoms with Crippen LogP contribution in [0, 0.1) is 5.82 Å². The maximum absolute atomic E-state index is 13.9. The molecule has 94 valence electrons. The normalized spacial score (nSPS) is 16.4. The summed E-state index contributed by atoms with van der Waals surface area (Å²) < 4.78 is 14.5. The van der Waals surface area contributed by atoms with Crippen molar-refractivity contribution in [2.24, 2.45) is 0 Å². The summed E-state index contributed by atoms with van der Waals surface area (Å²) >= 11 is 3.20. The number of aliphatic hydroxyl groups excluding tert-OH is 1. The van der Waals surface area contributed by atoms with E-state index in [1.165, 1.54) is 18.9 Å². The van der Waals surface area contributed by atoms with Crippen molar-refractivity contribution in [1.29, 1.82) is 0 Å². The molecule has 0 spiro atoms.